The van der Waals surface area contributed by atoms with Gasteiger partial charge in [0.15, 0.2) is 5.65 Å². The molecule has 1 atom stereocenters. The summed E-state index contributed by atoms with van der Waals surface area (Å²) in [5, 5.41) is 7.48. The third-order valence-electron chi connectivity index (χ3n) is 2.49. The largest absolute Gasteiger partial charge is 0.368 e. The number of nitrogens with zero attached hydrogens (tertiary/aromatic N) is 3. The Labute approximate surface area is 106 Å². The number of hydrogen-bond donors (Lipinski definition) is 1. The van der Waals surface area contributed by atoms with Crippen molar-refractivity contribution in [2.45, 2.75) is 25.6 Å². The van der Waals surface area contributed by atoms with Gasteiger partial charge >= 0.3 is 0 Å². The SMILES string of the molecule is CC(C)CC(Cl)CNc1ccn2nccc2n1. The third kappa shape index (κ3) is 3.33. The maximum absolute atomic E-state index is 6.22. The monoisotopic (exact) mass is 252 g/mol. The fraction of sp³-hybridized carbons (Fsp3) is 0.500. The Kier molecular flexibility index (Phi) is 3.84. The summed E-state index contributed by atoms with van der Waals surface area (Å²) in [6, 6.07) is 3.77. The Bertz CT molecular complexity index is 480. The Balaban J connectivity index is 1.94. The second-order valence-electron chi connectivity index (χ2n) is 4.55. The highest BCUT2D eigenvalue weighted by molar-refractivity contribution is 6.20. The molecule has 0 bridgehead atoms. The summed E-state index contributed by atoms with van der Waals surface area (Å²) in [6.45, 7) is 5.08. The molecule has 0 radical (unpaired) electrons. The van der Waals surface area contributed by atoms with Crippen LogP contribution in [0.5, 0.6) is 0 Å². The van der Waals surface area contributed by atoms with Crippen LogP contribution in [0.2, 0.25) is 0 Å². The van der Waals surface area contributed by atoms with Gasteiger partial charge in [0.05, 0.1) is 11.6 Å². The van der Waals surface area contributed by atoms with E-state index in [0.29, 0.717) is 5.92 Å². The molecule has 0 spiro atoms. The van der Waals surface area contributed by atoms with Gasteiger partial charge in [0, 0.05) is 18.8 Å². The van der Waals surface area contributed by atoms with E-state index in [-0.39, 0.29) is 5.38 Å². The van der Waals surface area contributed by atoms with Crippen LogP contribution < -0.4 is 5.32 Å². The van der Waals surface area contributed by atoms with Gasteiger partial charge in [0.1, 0.15) is 5.82 Å². The zero-order chi connectivity index (χ0) is 12.3. The minimum Gasteiger partial charge on any atom is -0.368 e. The molecule has 0 aromatic carbocycles. The Morgan fingerprint density at radius 2 is 2.24 bits per heavy atom. The molecule has 0 saturated heterocycles. The van der Waals surface area contributed by atoms with Crippen molar-refractivity contribution < 1.29 is 0 Å². The van der Waals surface area contributed by atoms with Crippen molar-refractivity contribution >= 4 is 23.1 Å². The predicted octanol–water partition coefficient (Wildman–Crippen LogP) is 2.79. The second kappa shape index (κ2) is 5.36. The lowest BCUT2D eigenvalue weighted by molar-refractivity contribution is 0.572. The number of hydrogen-bond acceptors (Lipinski definition) is 3. The van der Waals surface area contributed by atoms with E-state index in [4.69, 9.17) is 11.6 Å². The molecule has 17 heavy (non-hydrogen) atoms. The van der Waals surface area contributed by atoms with Crippen LogP contribution in [0.3, 0.4) is 0 Å². The number of alkyl halides is 1. The number of aromatic nitrogens is 3. The fourth-order valence-corrected chi connectivity index (χ4v) is 2.15. The average molecular weight is 253 g/mol. The number of anilines is 1. The van der Waals surface area contributed by atoms with E-state index in [1.165, 1.54) is 0 Å². The predicted molar refractivity (Wildman–Crippen MR) is 70.6 cm³/mol. The zero-order valence-corrected chi connectivity index (χ0v) is 10.9. The second-order valence-corrected chi connectivity index (χ2v) is 5.17. The first-order valence-corrected chi connectivity index (χ1v) is 6.27. The Morgan fingerprint density at radius 1 is 1.41 bits per heavy atom. The van der Waals surface area contributed by atoms with Gasteiger partial charge in [-0.05, 0) is 18.4 Å². The molecule has 2 aromatic rings. The van der Waals surface area contributed by atoms with E-state index in [2.05, 4.69) is 29.2 Å². The molecular formula is C12H17ClN4. The molecular weight excluding hydrogens is 236 g/mol. The van der Waals surface area contributed by atoms with E-state index in [9.17, 15) is 0 Å². The maximum atomic E-state index is 6.22. The summed E-state index contributed by atoms with van der Waals surface area (Å²) in [7, 11) is 0. The topological polar surface area (TPSA) is 42.2 Å². The van der Waals surface area contributed by atoms with Crippen molar-refractivity contribution in [3.63, 3.8) is 0 Å². The molecule has 0 aliphatic carbocycles. The van der Waals surface area contributed by atoms with Gasteiger partial charge in [0.25, 0.3) is 0 Å². The lowest BCUT2D eigenvalue weighted by Gasteiger charge is -2.13. The van der Waals surface area contributed by atoms with Gasteiger partial charge < -0.3 is 5.32 Å². The molecule has 1 N–H and O–H groups in total. The third-order valence-corrected chi connectivity index (χ3v) is 2.82. The fourth-order valence-electron chi connectivity index (χ4n) is 1.72. The molecule has 0 amide bonds. The van der Waals surface area contributed by atoms with Crippen LogP contribution in [0, 0.1) is 5.92 Å². The molecule has 2 heterocycles. The molecule has 1 unspecified atom stereocenters. The Hall–Kier alpha value is -1.29. The minimum absolute atomic E-state index is 0.137. The number of nitrogens with one attached hydrogen (secondary N) is 1. The van der Waals surface area contributed by atoms with Gasteiger partial charge in [-0.1, -0.05) is 13.8 Å². The molecule has 0 saturated carbocycles. The van der Waals surface area contributed by atoms with Crippen LogP contribution in [0.15, 0.2) is 24.5 Å². The molecule has 92 valence electrons. The Morgan fingerprint density at radius 3 is 3.00 bits per heavy atom. The summed E-state index contributed by atoms with van der Waals surface area (Å²) in [4.78, 5) is 4.42. The molecule has 5 heteroatoms. The normalized spacial score (nSPS) is 13.2. The lowest BCUT2D eigenvalue weighted by Crippen LogP contribution is -2.17. The first-order valence-electron chi connectivity index (χ1n) is 5.83. The summed E-state index contributed by atoms with van der Waals surface area (Å²) < 4.78 is 1.73. The van der Waals surface area contributed by atoms with Crippen LogP contribution in [0.25, 0.3) is 5.65 Å². The van der Waals surface area contributed by atoms with Crippen LogP contribution in [-0.4, -0.2) is 26.5 Å². The van der Waals surface area contributed by atoms with Crippen molar-refractivity contribution in [1.29, 1.82) is 0 Å². The van der Waals surface area contributed by atoms with E-state index < -0.39 is 0 Å². The lowest BCUT2D eigenvalue weighted by atomic mass is 10.1. The molecule has 0 fully saturated rings. The van der Waals surface area contributed by atoms with Gasteiger partial charge in [0.2, 0.25) is 0 Å². The molecule has 2 aromatic heterocycles. The summed E-state index contributed by atoms with van der Waals surface area (Å²) >= 11 is 6.22. The summed E-state index contributed by atoms with van der Waals surface area (Å²) in [6.07, 6.45) is 4.62. The van der Waals surface area contributed by atoms with E-state index in [1.807, 2.05) is 18.3 Å². The van der Waals surface area contributed by atoms with Crippen LogP contribution in [-0.2, 0) is 0 Å². The maximum Gasteiger partial charge on any atom is 0.157 e. The highest BCUT2D eigenvalue weighted by Gasteiger charge is 2.07. The first kappa shape index (κ1) is 12.2. The molecule has 2 rings (SSSR count). The quantitative estimate of drug-likeness (QED) is 0.832. The van der Waals surface area contributed by atoms with Crippen LogP contribution >= 0.6 is 11.6 Å². The van der Waals surface area contributed by atoms with Crippen LogP contribution in [0.1, 0.15) is 20.3 Å². The van der Waals surface area contributed by atoms with Gasteiger partial charge in [-0.15, -0.1) is 11.6 Å². The number of rotatable bonds is 5. The van der Waals surface area contributed by atoms with E-state index >= 15 is 0 Å². The van der Waals surface area contributed by atoms with Crippen LogP contribution in [0.4, 0.5) is 5.82 Å². The summed E-state index contributed by atoms with van der Waals surface area (Å²) in [5.41, 5.74) is 0.838. The first-order chi connectivity index (χ1) is 8.15. The molecule has 0 aliphatic heterocycles. The van der Waals surface area contributed by atoms with Crippen molar-refractivity contribution in [1.82, 2.24) is 14.6 Å². The minimum atomic E-state index is 0.137. The van der Waals surface area contributed by atoms with Crippen molar-refractivity contribution in [3.8, 4) is 0 Å². The zero-order valence-electron chi connectivity index (χ0n) is 10.1. The van der Waals surface area contributed by atoms with Gasteiger partial charge in [-0.3, -0.25) is 0 Å². The summed E-state index contributed by atoms with van der Waals surface area (Å²) in [5.74, 6) is 1.46. The van der Waals surface area contributed by atoms with Crippen molar-refractivity contribution in [2.75, 3.05) is 11.9 Å². The van der Waals surface area contributed by atoms with E-state index in [0.717, 1.165) is 24.4 Å². The highest BCUT2D eigenvalue weighted by atomic mass is 35.5. The highest BCUT2D eigenvalue weighted by Crippen LogP contribution is 2.12. The van der Waals surface area contributed by atoms with Crippen molar-refractivity contribution in [2.24, 2.45) is 5.92 Å². The molecule has 4 nitrogen and oxygen atoms in total. The number of fused-ring (bicyclic) bond motifs is 1. The standard InChI is InChI=1S/C12H17ClN4/c1-9(2)7-10(13)8-14-11-4-6-17-12(16-11)3-5-15-17/h3-6,9-10H,7-8H2,1-2H3,(H,14,16). The van der Waals surface area contributed by atoms with Gasteiger partial charge in [-0.2, -0.15) is 5.10 Å². The smallest absolute Gasteiger partial charge is 0.157 e. The van der Waals surface area contributed by atoms with E-state index in [1.54, 1.807) is 10.7 Å². The molecule has 0 aliphatic rings. The van der Waals surface area contributed by atoms with Crippen molar-refractivity contribution in [3.05, 3.63) is 24.5 Å². The average Bonchev–Trinajstić information content (AvgIpc) is 2.72. The van der Waals surface area contributed by atoms with Gasteiger partial charge in [-0.25, -0.2) is 9.50 Å². The number of halogens is 1.